The minimum Gasteiger partial charge on any atom is -0.398 e. The number of carbonyl (C=O) groups is 1. The molecule has 0 aliphatic rings. The highest BCUT2D eigenvalue weighted by Crippen LogP contribution is 2.26. The summed E-state index contributed by atoms with van der Waals surface area (Å²) in [4.78, 5) is 14.9. The number of carbonyl (C=O) groups excluding carboxylic acids is 1. The van der Waals surface area contributed by atoms with Crippen molar-refractivity contribution in [2.45, 2.75) is 11.8 Å². The number of nitrogen functional groups attached to an aromatic ring is 1. The Hall–Kier alpha value is -1.94. The maximum absolute atomic E-state index is 12.2. The molecule has 0 heterocycles. The fourth-order valence-electron chi connectivity index (χ4n) is 1.82. The lowest BCUT2D eigenvalue weighted by molar-refractivity contribution is -0.115. The van der Waals surface area contributed by atoms with E-state index in [1.165, 1.54) is 11.8 Å². The normalized spacial score (nSPS) is 10.3. The molecule has 4 heteroatoms. The van der Waals surface area contributed by atoms with E-state index in [9.17, 15) is 4.79 Å². The van der Waals surface area contributed by atoms with E-state index >= 15 is 0 Å². The van der Waals surface area contributed by atoms with Gasteiger partial charge in [-0.25, -0.2) is 0 Å². The second-order valence-corrected chi connectivity index (χ2v) is 5.56. The zero-order valence-electron chi connectivity index (χ0n) is 11.7. The van der Waals surface area contributed by atoms with Crippen molar-refractivity contribution < 1.29 is 4.79 Å². The lowest BCUT2D eigenvalue weighted by Crippen LogP contribution is -2.27. The Labute approximate surface area is 123 Å². The van der Waals surface area contributed by atoms with Crippen LogP contribution in [0.15, 0.2) is 53.4 Å². The number of hydrogen-bond donors (Lipinski definition) is 1. The van der Waals surface area contributed by atoms with E-state index in [4.69, 9.17) is 5.73 Å². The molecular weight excluding hydrogens is 268 g/mol. The van der Waals surface area contributed by atoms with Crippen LogP contribution in [-0.2, 0) is 4.79 Å². The third kappa shape index (κ3) is 3.33. The second kappa shape index (κ2) is 6.48. The first kappa shape index (κ1) is 14.5. The van der Waals surface area contributed by atoms with Crippen molar-refractivity contribution in [1.82, 2.24) is 0 Å². The maximum Gasteiger partial charge on any atom is 0.237 e. The molecule has 0 radical (unpaired) electrons. The number of benzene rings is 2. The van der Waals surface area contributed by atoms with Crippen LogP contribution in [0.25, 0.3) is 0 Å². The zero-order chi connectivity index (χ0) is 14.5. The summed E-state index contributed by atoms with van der Waals surface area (Å²) in [5.74, 6) is 0.471. The van der Waals surface area contributed by atoms with Gasteiger partial charge in [-0.2, -0.15) is 0 Å². The van der Waals surface area contributed by atoms with E-state index in [0.29, 0.717) is 5.75 Å². The van der Waals surface area contributed by atoms with Gasteiger partial charge in [0.2, 0.25) is 5.91 Å². The third-order valence-corrected chi connectivity index (χ3v) is 4.34. The molecular formula is C16H18N2OS. The summed E-state index contributed by atoms with van der Waals surface area (Å²) >= 11 is 1.52. The summed E-state index contributed by atoms with van der Waals surface area (Å²) in [6.07, 6.45) is 0. The molecule has 0 unspecified atom stereocenters. The van der Waals surface area contributed by atoms with Gasteiger partial charge in [-0.05, 0) is 36.8 Å². The van der Waals surface area contributed by atoms with Crippen LogP contribution in [0.1, 0.15) is 5.56 Å². The van der Waals surface area contributed by atoms with Gasteiger partial charge in [-0.15, -0.1) is 11.8 Å². The van der Waals surface area contributed by atoms with Gasteiger partial charge in [0.15, 0.2) is 0 Å². The summed E-state index contributed by atoms with van der Waals surface area (Å²) < 4.78 is 0. The molecule has 0 atom stereocenters. The Kier molecular flexibility index (Phi) is 4.69. The van der Waals surface area contributed by atoms with E-state index in [1.807, 2.05) is 55.5 Å². The highest BCUT2D eigenvalue weighted by Gasteiger charge is 2.12. The summed E-state index contributed by atoms with van der Waals surface area (Å²) in [6.45, 7) is 1.98. The summed E-state index contributed by atoms with van der Waals surface area (Å²) in [6, 6.07) is 15.4. The lowest BCUT2D eigenvalue weighted by Gasteiger charge is -2.17. The van der Waals surface area contributed by atoms with Crippen LogP contribution in [-0.4, -0.2) is 18.7 Å². The number of anilines is 2. The Morgan fingerprint density at radius 1 is 1.15 bits per heavy atom. The SMILES string of the molecule is Cc1c(N)cccc1SCC(=O)N(C)c1ccccc1. The highest BCUT2D eigenvalue weighted by atomic mass is 32.2. The van der Waals surface area contributed by atoms with Gasteiger partial charge in [0.1, 0.15) is 0 Å². The number of nitrogens with two attached hydrogens (primary N) is 1. The standard InChI is InChI=1S/C16H18N2OS/c1-12-14(17)9-6-10-15(12)20-11-16(19)18(2)13-7-4-3-5-8-13/h3-10H,11,17H2,1-2H3. The minimum absolute atomic E-state index is 0.0722. The van der Waals surface area contributed by atoms with E-state index in [-0.39, 0.29) is 5.91 Å². The van der Waals surface area contributed by atoms with E-state index in [1.54, 1.807) is 11.9 Å². The lowest BCUT2D eigenvalue weighted by atomic mass is 10.2. The molecule has 0 fully saturated rings. The van der Waals surface area contributed by atoms with Crippen molar-refractivity contribution in [2.75, 3.05) is 23.4 Å². The van der Waals surface area contributed by atoms with Crippen LogP contribution < -0.4 is 10.6 Å². The van der Waals surface area contributed by atoms with Crippen LogP contribution in [0.5, 0.6) is 0 Å². The van der Waals surface area contributed by atoms with Crippen molar-refractivity contribution in [2.24, 2.45) is 0 Å². The van der Waals surface area contributed by atoms with Crippen molar-refractivity contribution in [3.05, 3.63) is 54.1 Å². The first-order valence-electron chi connectivity index (χ1n) is 6.39. The molecule has 1 amide bonds. The Morgan fingerprint density at radius 2 is 1.85 bits per heavy atom. The Morgan fingerprint density at radius 3 is 2.55 bits per heavy atom. The van der Waals surface area contributed by atoms with Gasteiger partial charge in [0, 0.05) is 23.3 Å². The molecule has 2 N–H and O–H groups in total. The monoisotopic (exact) mass is 286 g/mol. The smallest absolute Gasteiger partial charge is 0.237 e. The van der Waals surface area contributed by atoms with E-state index in [2.05, 4.69) is 0 Å². The molecule has 2 rings (SSSR count). The summed E-state index contributed by atoms with van der Waals surface area (Å²) in [7, 11) is 1.80. The van der Waals surface area contributed by atoms with Crippen LogP contribution >= 0.6 is 11.8 Å². The molecule has 0 spiro atoms. The number of hydrogen-bond acceptors (Lipinski definition) is 3. The van der Waals surface area contributed by atoms with Gasteiger partial charge in [0.25, 0.3) is 0 Å². The van der Waals surface area contributed by atoms with Gasteiger partial charge in [-0.1, -0.05) is 24.3 Å². The van der Waals surface area contributed by atoms with E-state index < -0.39 is 0 Å². The first-order valence-corrected chi connectivity index (χ1v) is 7.37. The molecule has 0 aliphatic heterocycles. The van der Waals surface area contributed by atoms with Crippen molar-refractivity contribution in [3.63, 3.8) is 0 Å². The second-order valence-electron chi connectivity index (χ2n) is 4.55. The molecule has 20 heavy (non-hydrogen) atoms. The van der Waals surface area contributed by atoms with Crippen LogP contribution in [0.2, 0.25) is 0 Å². The maximum atomic E-state index is 12.2. The molecule has 0 aromatic heterocycles. The molecule has 2 aromatic rings. The number of amides is 1. The van der Waals surface area contributed by atoms with Crippen LogP contribution in [0, 0.1) is 6.92 Å². The fourth-order valence-corrected chi connectivity index (χ4v) is 2.80. The molecule has 104 valence electrons. The summed E-state index contributed by atoms with van der Waals surface area (Å²) in [5, 5.41) is 0. The molecule has 2 aromatic carbocycles. The number of rotatable bonds is 4. The number of nitrogens with zero attached hydrogens (tertiary/aromatic N) is 1. The van der Waals surface area contributed by atoms with Gasteiger partial charge in [0.05, 0.1) is 5.75 Å². The third-order valence-electron chi connectivity index (χ3n) is 3.19. The molecule has 3 nitrogen and oxygen atoms in total. The van der Waals surface area contributed by atoms with Gasteiger partial charge >= 0.3 is 0 Å². The topological polar surface area (TPSA) is 46.3 Å². The predicted molar refractivity (Wildman–Crippen MR) is 86.2 cm³/mol. The average molecular weight is 286 g/mol. The zero-order valence-corrected chi connectivity index (χ0v) is 12.5. The van der Waals surface area contributed by atoms with E-state index in [0.717, 1.165) is 21.8 Å². The largest absolute Gasteiger partial charge is 0.398 e. The minimum atomic E-state index is 0.0722. The highest BCUT2D eigenvalue weighted by molar-refractivity contribution is 8.00. The van der Waals surface area contributed by atoms with Crippen molar-refractivity contribution in [3.8, 4) is 0 Å². The first-order chi connectivity index (χ1) is 9.59. The number of thioether (sulfide) groups is 1. The quantitative estimate of drug-likeness (QED) is 0.692. The fraction of sp³-hybridized carbons (Fsp3) is 0.188. The number of para-hydroxylation sites is 1. The van der Waals surface area contributed by atoms with Crippen LogP contribution in [0.3, 0.4) is 0 Å². The molecule has 0 saturated heterocycles. The molecule has 0 saturated carbocycles. The van der Waals surface area contributed by atoms with Crippen molar-refractivity contribution in [1.29, 1.82) is 0 Å². The average Bonchev–Trinajstić information content (AvgIpc) is 2.48. The molecule has 0 bridgehead atoms. The van der Waals surface area contributed by atoms with Crippen LogP contribution in [0.4, 0.5) is 11.4 Å². The van der Waals surface area contributed by atoms with Gasteiger partial charge in [-0.3, -0.25) is 4.79 Å². The summed E-state index contributed by atoms with van der Waals surface area (Å²) in [5.41, 5.74) is 8.57. The van der Waals surface area contributed by atoms with Crippen molar-refractivity contribution >= 4 is 29.0 Å². The molecule has 0 aliphatic carbocycles. The Bertz CT molecular complexity index is 599. The predicted octanol–water partition coefficient (Wildman–Crippen LogP) is 3.33. The Balaban J connectivity index is 2.00. The van der Waals surface area contributed by atoms with Gasteiger partial charge < -0.3 is 10.6 Å².